The minimum absolute atomic E-state index is 0.399. The highest BCUT2D eigenvalue weighted by molar-refractivity contribution is 5.83. The minimum Gasteiger partial charge on any atom is -0.479 e. The Morgan fingerprint density at radius 2 is 1.03 bits per heavy atom. The summed E-state index contributed by atoms with van der Waals surface area (Å²) in [6.07, 6.45) is -1.53. The normalized spacial score (nSPS) is 12.3. The van der Waals surface area contributed by atoms with Gasteiger partial charge in [-0.1, -0.05) is 0 Å². The molecular weight excluding hydrogens is 488 g/mol. The number of aliphatic hydroxyl groups excluding tert-OH is 2. The molecule has 0 aromatic carbocycles. The summed E-state index contributed by atoms with van der Waals surface area (Å²) in [5.41, 5.74) is -0.0969. The molecule has 2 atom stereocenters. The number of hydrogen-bond acceptors (Lipinski definition) is 10. The van der Waals surface area contributed by atoms with E-state index in [1.54, 1.807) is 37.3 Å². The summed E-state index contributed by atoms with van der Waals surface area (Å²) < 4.78 is 5.76. The van der Waals surface area contributed by atoms with E-state index in [1.165, 1.54) is 21.8 Å². The van der Waals surface area contributed by atoms with Gasteiger partial charge in [-0.3, -0.25) is 28.7 Å². The van der Waals surface area contributed by atoms with Crippen LogP contribution >= 0.6 is 0 Å². The number of aromatic nitrogens is 8. The lowest BCUT2D eigenvalue weighted by molar-refractivity contribution is -0.165. The molecule has 4 aromatic rings. The van der Waals surface area contributed by atoms with Crippen molar-refractivity contribution in [2.75, 3.05) is 0 Å². The Labute approximate surface area is 198 Å². The first-order valence-corrected chi connectivity index (χ1v) is 9.71. The van der Waals surface area contributed by atoms with Crippen LogP contribution in [0.3, 0.4) is 0 Å². The fourth-order valence-corrected chi connectivity index (χ4v) is 2.79. The van der Waals surface area contributed by atoms with Crippen molar-refractivity contribution in [1.29, 1.82) is 0 Å². The fourth-order valence-electron chi connectivity index (χ4n) is 2.79. The summed E-state index contributed by atoms with van der Waals surface area (Å²) in [5.74, 6) is -3.54. The van der Waals surface area contributed by atoms with Gasteiger partial charge < -0.3 is 29.6 Å². The molecule has 2 unspecified atom stereocenters. The quantitative estimate of drug-likeness (QED) is 0.153. The molecule has 194 valence electrons. The number of aryl methyl sites for hydroxylation is 4. The summed E-state index contributed by atoms with van der Waals surface area (Å²) in [6, 6.07) is 0. The van der Waals surface area contributed by atoms with Crippen molar-refractivity contribution in [1.82, 2.24) is 38.2 Å². The van der Waals surface area contributed by atoms with E-state index in [1.807, 2.05) is 0 Å². The number of carboxylic acid groups (broad SMARTS) is 2. The van der Waals surface area contributed by atoms with Crippen LogP contribution in [0.25, 0.3) is 22.3 Å². The van der Waals surface area contributed by atoms with Crippen molar-refractivity contribution in [3.8, 4) is 0 Å². The number of nitrogens with zero attached hydrogens (tertiary/aromatic N) is 6. The first-order valence-electron chi connectivity index (χ1n) is 9.71. The fraction of sp³-hybridized carbons (Fsp3) is 0.333. The molecule has 0 aliphatic rings. The topological polar surface area (TPSA) is 260 Å². The number of carboxylic acids is 2. The predicted octanol–water partition coefficient (Wildman–Crippen LogP) is -4.20. The lowest BCUT2D eigenvalue weighted by Gasteiger charge is -2.07. The first-order chi connectivity index (χ1) is 16.7. The van der Waals surface area contributed by atoms with Gasteiger partial charge in [-0.25, -0.2) is 29.1 Å². The second-order valence-corrected chi connectivity index (χ2v) is 7.26. The highest BCUT2D eigenvalue weighted by Gasteiger charge is 2.29. The van der Waals surface area contributed by atoms with Crippen LogP contribution in [-0.4, -0.2) is 82.8 Å². The van der Waals surface area contributed by atoms with Crippen LogP contribution in [0.5, 0.6) is 0 Å². The van der Waals surface area contributed by atoms with Crippen LogP contribution in [0.4, 0.5) is 0 Å². The van der Waals surface area contributed by atoms with Gasteiger partial charge in [0.1, 0.15) is 0 Å². The Morgan fingerprint density at radius 3 is 1.31 bits per heavy atom. The van der Waals surface area contributed by atoms with E-state index in [4.69, 9.17) is 20.4 Å². The zero-order valence-electron chi connectivity index (χ0n) is 19.2. The average Bonchev–Trinajstić information content (AvgIpc) is 3.39. The van der Waals surface area contributed by atoms with Gasteiger partial charge in [-0.05, 0) is 0 Å². The van der Waals surface area contributed by atoms with Crippen molar-refractivity contribution in [3.63, 3.8) is 0 Å². The number of aromatic amines is 2. The molecule has 18 heteroatoms. The molecule has 0 spiro atoms. The molecule has 0 amide bonds. The van der Waals surface area contributed by atoms with Crippen LogP contribution in [0.2, 0.25) is 0 Å². The number of fused-ring (bicyclic) bond motifs is 2. The number of H-pyrrole nitrogens is 2. The smallest absolute Gasteiger partial charge is 0.335 e. The summed E-state index contributed by atoms with van der Waals surface area (Å²) in [7, 11) is 6.53. The number of rotatable bonds is 3. The van der Waals surface area contributed by atoms with Crippen LogP contribution in [0, 0.1) is 0 Å². The monoisotopic (exact) mass is 510 g/mol. The van der Waals surface area contributed by atoms with Gasteiger partial charge in [0.05, 0.1) is 12.7 Å². The molecular formula is C18H22N8O10. The molecule has 0 bridgehead atoms. The number of aliphatic hydroxyl groups is 2. The molecule has 18 nitrogen and oxygen atoms in total. The van der Waals surface area contributed by atoms with Crippen molar-refractivity contribution in [2.45, 2.75) is 12.2 Å². The molecule has 4 rings (SSSR count). The van der Waals surface area contributed by atoms with Crippen molar-refractivity contribution in [2.24, 2.45) is 28.2 Å². The van der Waals surface area contributed by atoms with Gasteiger partial charge in [0.2, 0.25) is 0 Å². The van der Waals surface area contributed by atoms with Crippen molar-refractivity contribution < 1.29 is 30.0 Å². The third kappa shape index (κ3) is 5.45. The second kappa shape index (κ2) is 10.6. The third-order valence-electron chi connectivity index (χ3n) is 4.76. The lowest BCUT2D eigenvalue weighted by Crippen LogP contribution is -2.39. The maximum atomic E-state index is 11.3. The first kappa shape index (κ1) is 27.4. The lowest BCUT2D eigenvalue weighted by atomic mass is 10.2. The number of aliphatic carboxylic acids is 2. The van der Waals surface area contributed by atoms with Gasteiger partial charge >= 0.3 is 23.3 Å². The molecule has 0 aliphatic carbocycles. The van der Waals surface area contributed by atoms with Gasteiger partial charge in [-0.2, -0.15) is 0 Å². The number of imidazole rings is 2. The molecule has 0 radical (unpaired) electrons. The van der Waals surface area contributed by atoms with E-state index in [9.17, 15) is 28.8 Å². The Balaban J connectivity index is 0.000000193. The largest absolute Gasteiger partial charge is 0.479 e. The Kier molecular flexibility index (Phi) is 8.08. The Bertz CT molecular complexity index is 1540. The van der Waals surface area contributed by atoms with Gasteiger partial charge in [0.15, 0.2) is 34.5 Å². The summed E-state index contributed by atoms with van der Waals surface area (Å²) in [5, 5.41) is 32.5. The number of hydrogen-bond donors (Lipinski definition) is 6. The van der Waals surface area contributed by atoms with Crippen molar-refractivity contribution in [3.05, 3.63) is 54.3 Å². The SMILES string of the molecule is Cn1cnc2c1c(=O)[nH]c(=O)n2C.Cn1cnc2c1c(=O)[nH]c(=O)n2C.O=C(O)C(O)C(O)C(=O)O. The molecule has 0 saturated heterocycles. The van der Waals surface area contributed by atoms with E-state index in [-0.39, 0.29) is 0 Å². The number of carbonyl (C=O) groups is 2. The summed E-state index contributed by atoms with van der Waals surface area (Å²) >= 11 is 0. The minimum atomic E-state index is -2.27. The molecule has 4 heterocycles. The standard InChI is InChI=1S/2C7H8N4O2.C4H6O6/c2*1-10-3-8-5-4(10)6(12)9-7(13)11(5)2;5-1(3(7)8)2(6)4(9)10/h2*3H,1-2H3,(H,9,12,13);1-2,5-6H,(H,7,8)(H,9,10). The van der Waals surface area contributed by atoms with Crippen molar-refractivity contribution >= 4 is 34.3 Å². The molecule has 0 fully saturated rings. The van der Waals surface area contributed by atoms with Gasteiger partial charge in [0, 0.05) is 28.2 Å². The molecule has 4 aromatic heterocycles. The average molecular weight is 510 g/mol. The highest BCUT2D eigenvalue weighted by Crippen LogP contribution is 2.01. The van der Waals surface area contributed by atoms with Gasteiger partial charge in [-0.15, -0.1) is 0 Å². The predicted molar refractivity (Wildman–Crippen MR) is 120 cm³/mol. The van der Waals surface area contributed by atoms with Crippen LogP contribution in [-0.2, 0) is 37.8 Å². The molecule has 6 N–H and O–H groups in total. The maximum Gasteiger partial charge on any atom is 0.335 e. The zero-order chi connectivity index (χ0) is 27.5. The summed E-state index contributed by atoms with van der Waals surface area (Å²) in [6.45, 7) is 0. The third-order valence-corrected chi connectivity index (χ3v) is 4.76. The molecule has 0 saturated carbocycles. The van der Waals surface area contributed by atoms with E-state index < -0.39 is 46.6 Å². The summed E-state index contributed by atoms with van der Waals surface area (Å²) in [4.78, 5) is 76.7. The van der Waals surface area contributed by atoms with Crippen LogP contribution in [0.1, 0.15) is 0 Å². The maximum absolute atomic E-state index is 11.3. The number of nitrogens with one attached hydrogen (secondary N) is 2. The van der Waals surface area contributed by atoms with Crippen LogP contribution in [0.15, 0.2) is 31.8 Å². The Hall–Kier alpha value is -4.84. The highest BCUT2D eigenvalue weighted by atomic mass is 16.4. The van der Waals surface area contributed by atoms with E-state index in [0.717, 1.165) is 0 Å². The zero-order valence-corrected chi connectivity index (χ0v) is 19.2. The van der Waals surface area contributed by atoms with E-state index in [2.05, 4.69) is 19.9 Å². The molecule has 36 heavy (non-hydrogen) atoms. The van der Waals surface area contributed by atoms with Crippen LogP contribution < -0.4 is 22.5 Å². The molecule has 0 aliphatic heterocycles. The Morgan fingerprint density at radius 1 is 0.722 bits per heavy atom. The second-order valence-electron chi connectivity index (χ2n) is 7.26. The van der Waals surface area contributed by atoms with E-state index >= 15 is 0 Å². The van der Waals surface area contributed by atoms with Gasteiger partial charge in [0.25, 0.3) is 11.1 Å². The van der Waals surface area contributed by atoms with E-state index in [0.29, 0.717) is 22.3 Å².